The van der Waals surface area contributed by atoms with Crippen LogP contribution in [-0.4, -0.2) is 45.9 Å². The van der Waals surface area contributed by atoms with E-state index in [2.05, 4.69) is 10.2 Å². The zero-order valence-corrected chi connectivity index (χ0v) is 14.0. The second kappa shape index (κ2) is 6.16. The van der Waals surface area contributed by atoms with Crippen molar-refractivity contribution in [1.82, 2.24) is 14.8 Å². The van der Waals surface area contributed by atoms with Crippen LogP contribution in [0, 0.1) is 0 Å². The average molecular weight is 337 g/mol. The molecule has 7 nitrogen and oxygen atoms in total. The Morgan fingerprint density at radius 2 is 2.04 bits per heavy atom. The van der Waals surface area contributed by atoms with Crippen LogP contribution in [0.15, 0.2) is 47.8 Å². The quantitative estimate of drug-likeness (QED) is 0.836. The second-order valence-corrected chi connectivity index (χ2v) is 6.35. The first kappa shape index (κ1) is 15.6. The monoisotopic (exact) mass is 337 g/mol. The molecule has 0 saturated carbocycles. The first-order valence-corrected chi connectivity index (χ1v) is 8.36. The summed E-state index contributed by atoms with van der Waals surface area (Å²) in [4.78, 5) is 26.5. The highest BCUT2D eigenvalue weighted by Crippen LogP contribution is 2.32. The maximum absolute atomic E-state index is 13.1. The number of anilines is 1. The standard InChI is InChI=1S/C18H19N5O2/c1-21-17(24)8-7-15(20-21)18(25)22-12-14(23-10-4-9-19-23)11-13-5-2-3-6-16(13)22/h2-6,9-10,14H,7-8,11-12H2,1H3/t14-/m1/s1. The Balaban J connectivity index is 1.68. The average Bonchev–Trinajstić information content (AvgIpc) is 3.17. The van der Waals surface area contributed by atoms with Gasteiger partial charge in [0, 0.05) is 44.5 Å². The van der Waals surface area contributed by atoms with Crippen LogP contribution in [0.5, 0.6) is 0 Å². The Morgan fingerprint density at radius 3 is 2.80 bits per heavy atom. The summed E-state index contributed by atoms with van der Waals surface area (Å²) in [5, 5.41) is 9.78. The topological polar surface area (TPSA) is 70.8 Å². The van der Waals surface area contributed by atoms with Gasteiger partial charge in [0.25, 0.3) is 5.91 Å². The summed E-state index contributed by atoms with van der Waals surface area (Å²) in [5.74, 6) is -0.200. The van der Waals surface area contributed by atoms with Crippen LogP contribution in [0.2, 0.25) is 0 Å². The van der Waals surface area contributed by atoms with Crippen molar-refractivity contribution >= 4 is 23.2 Å². The Morgan fingerprint density at radius 1 is 1.20 bits per heavy atom. The van der Waals surface area contributed by atoms with E-state index in [9.17, 15) is 9.59 Å². The first-order valence-electron chi connectivity index (χ1n) is 8.36. The van der Waals surface area contributed by atoms with E-state index in [0.29, 0.717) is 25.1 Å². The van der Waals surface area contributed by atoms with Gasteiger partial charge in [0.2, 0.25) is 5.91 Å². The third-order valence-corrected chi connectivity index (χ3v) is 4.73. The number of para-hydroxylation sites is 1. The summed E-state index contributed by atoms with van der Waals surface area (Å²) in [6.07, 6.45) is 5.20. The number of nitrogens with zero attached hydrogens (tertiary/aromatic N) is 5. The number of amides is 2. The van der Waals surface area contributed by atoms with Crippen LogP contribution in [-0.2, 0) is 16.0 Å². The molecular formula is C18H19N5O2. The maximum Gasteiger partial charge on any atom is 0.274 e. The van der Waals surface area contributed by atoms with E-state index in [1.54, 1.807) is 18.1 Å². The molecule has 128 valence electrons. The fraction of sp³-hybridized carbons (Fsp3) is 0.333. The van der Waals surface area contributed by atoms with Gasteiger partial charge in [-0.25, -0.2) is 5.01 Å². The van der Waals surface area contributed by atoms with Crippen molar-refractivity contribution in [2.75, 3.05) is 18.5 Å². The number of carbonyl (C=O) groups is 2. The molecule has 0 radical (unpaired) electrons. The van der Waals surface area contributed by atoms with Crippen LogP contribution in [0.3, 0.4) is 0 Å². The van der Waals surface area contributed by atoms with E-state index in [1.165, 1.54) is 5.01 Å². The van der Waals surface area contributed by atoms with Crippen LogP contribution >= 0.6 is 0 Å². The molecule has 25 heavy (non-hydrogen) atoms. The van der Waals surface area contributed by atoms with Gasteiger partial charge in [-0.3, -0.25) is 14.3 Å². The lowest BCUT2D eigenvalue weighted by molar-refractivity contribution is -0.130. The SMILES string of the molecule is CN1N=C(C(=O)N2C[C@H](n3cccn3)Cc3ccccc32)CCC1=O. The fourth-order valence-electron chi connectivity index (χ4n) is 3.42. The summed E-state index contributed by atoms with van der Waals surface area (Å²) < 4.78 is 1.90. The van der Waals surface area contributed by atoms with Crippen LogP contribution in [0.25, 0.3) is 0 Å². The molecule has 2 aliphatic rings. The largest absolute Gasteiger partial charge is 0.305 e. The van der Waals surface area contributed by atoms with Gasteiger partial charge in [0.1, 0.15) is 5.71 Å². The third-order valence-electron chi connectivity index (χ3n) is 4.73. The summed E-state index contributed by atoms with van der Waals surface area (Å²) >= 11 is 0. The van der Waals surface area contributed by atoms with E-state index in [-0.39, 0.29) is 17.9 Å². The Hall–Kier alpha value is -2.96. The van der Waals surface area contributed by atoms with E-state index in [0.717, 1.165) is 17.7 Å². The predicted octanol–water partition coefficient (Wildman–Crippen LogP) is 1.62. The van der Waals surface area contributed by atoms with Gasteiger partial charge in [-0.1, -0.05) is 18.2 Å². The number of carbonyl (C=O) groups excluding carboxylic acids is 2. The number of hydrazone groups is 1. The first-order chi connectivity index (χ1) is 12.1. The predicted molar refractivity (Wildman–Crippen MR) is 93.2 cm³/mol. The summed E-state index contributed by atoms with van der Waals surface area (Å²) in [6, 6.07) is 9.90. The van der Waals surface area contributed by atoms with Crippen molar-refractivity contribution in [2.45, 2.75) is 25.3 Å². The minimum Gasteiger partial charge on any atom is -0.305 e. The van der Waals surface area contributed by atoms with Gasteiger partial charge < -0.3 is 4.90 Å². The molecule has 0 spiro atoms. The molecule has 0 fully saturated rings. The van der Waals surface area contributed by atoms with Gasteiger partial charge >= 0.3 is 0 Å². The third kappa shape index (κ3) is 2.82. The second-order valence-electron chi connectivity index (χ2n) is 6.35. The number of hydrogen-bond acceptors (Lipinski definition) is 4. The Bertz CT molecular complexity index is 843. The van der Waals surface area contributed by atoms with Gasteiger partial charge in [0.05, 0.1) is 6.04 Å². The lowest BCUT2D eigenvalue weighted by atomic mass is 9.97. The normalized spacial score (nSPS) is 20.3. The molecule has 2 aliphatic heterocycles. The molecule has 0 saturated heterocycles. The molecule has 0 unspecified atom stereocenters. The molecule has 7 heteroatoms. The van der Waals surface area contributed by atoms with E-state index < -0.39 is 0 Å². The highest BCUT2D eigenvalue weighted by Gasteiger charge is 2.33. The molecule has 1 aromatic carbocycles. The number of rotatable bonds is 2. The lowest BCUT2D eigenvalue weighted by Crippen LogP contribution is -2.46. The van der Waals surface area contributed by atoms with Crippen molar-refractivity contribution in [1.29, 1.82) is 0 Å². The van der Waals surface area contributed by atoms with Gasteiger partial charge in [-0.2, -0.15) is 10.2 Å². The highest BCUT2D eigenvalue weighted by atomic mass is 16.2. The smallest absolute Gasteiger partial charge is 0.274 e. The molecule has 2 aromatic rings. The molecule has 0 N–H and O–H groups in total. The van der Waals surface area contributed by atoms with Gasteiger partial charge in [-0.05, 0) is 24.1 Å². The molecule has 1 atom stereocenters. The number of hydrogen-bond donors (Lipinski definition) is 0. The molecular weight excluding hydrogens is 318 g/mol. The molecule has 3 heterocycles. The van der Waals surface area contributed by atoms with Crippen LogP contribution < -0.4 is 4.90 Å². The Labute approximate surface area is 145 Å². The van der Waals surface area contributed by atoms with E-state index >= 15 is 0 Å². The molecule has 2 amide bonds. The van der Waals surface area contributed by atoms with Crippen molar-refractivity contribution in [3.8, 4) is 0 Å². The molecule has 0 bridgehead atoms. The summed E-state index contributed by atoms with van der Waals surface area (Å²) in [5.41, 5.74) is 2.46. The minimum absolute atomic E-state index is 0.0648. The van der Waals surface area contributed by atoms with Gasteiger partial charge in [0.15, 0.2) is 0 Å². The van der Waals surface area contributed by atoms with Crippen molar-refractivity contribution < 1.29 is 9.59 Å². The van der Waals surface area contributed by atoms with Gasteiger partial charge in [-0.15, -0.1) is 0 Å². The lowest BCUT2D eigenvalue weighted by Gasteiger charge is -2.35. The highest BCUT2D eigenvalue weighted by molar-refractivity contribution is 6.44. The van der Waals surface area contributed by atoms with Crippen molar-refractivity contribution in [3.05, 3.63) is 48.3 Å². The zero-order valence-electron chi connectivity index (χ0n) is 14.0. The van der Waals surface area contributed by atoms with E-state index in [1.807, 2.05) is 41.2 Å². The zero-order chi connectivity index (χ0) is 17.4. The maximum atomic E-state index is 13.1. The van der Waals surface area contributed by atoms with Crippen LogP contribution in [0.1, 0.15) is 24.4 Å². The summed E-state index contributed by atoms with van der Waals surface area (Å²) in [7, 11) is 1.59. The number of fused-ring (bicyclic) bond motifs is 1. The minimum atomic E-state index is -0.136. The fourth-order valence-corrected chi connectivity index (χ4v) is 3.42. The summed E-state index contributed by atoms with van der Waals surface area (Å²) in [6.45, 7) is 0.536. The van der Waals surface area contributed by atoms with Crippen molar-refractivity contribution in [2.24, 2.45) is 5.10 Å². The number of aromatic nitrogens is 2. The molecule has 1 aromatic heterocycles. The van der Waals surface area contributed by atoms with Crippen LogP contribution in [0.4, 0.5) is 5.69 Å². The Kier molecular flexibility index (Phi) is 3.83. The molecule has 4 rings (SSSR count). The number of benzene rings is 1. The van der Waals surface area contributed by atoms with E-state index in [4.69, 9.17) is 0 Å². The van der Waals surface area contributed by atoms with Crippen molar-refractivity contribution in [3.63, 3.8) is 0 Å². The molecule has 0 aliphatic carbocycles.